The van der Waals surface area contributed by atoms with E-state index in [9.17, 15) is 4.79 Å². The molecule has 7 nitrogen and oxygen atoms in total. The molecule has 0 radical (unpaired) electrons. The molecule has 0 bridgehead atoms. The molecule has 170 valence electrons. The maximum Gasteiger partial charge on any atom is 0.407 e. The van der Waals surface area contributed by atoms with Crippen molar-refractivity contribution < 1.29 is 9.53 Å². The van der Waals surface area contributed by atoms with Gasteiger partial charge in [-0.25, -0.2) is 4.79 Å². The van der Waals surface area contributed by atoms with Crippen molar-refractivity contribution in [3.8, 4) is 0 Å². The smallest absolute Gasteiger partial charge is 0.407 e. The summed E-state index contributed by atoms with van der Waals surface area (Å²) in [5.74, 6) is 2.33. The van der Waals surface area contributed by atoms with Gasteiger partial charge in [0.25, 0.3) is 0 Å². The second-order valence-electron chi connectivity index (χ2n) is 9.67. The van der Waals surface area contributed by atoms with Gasteiger partial charge in [-0.05, 0) is 58.4 Å². The number of carbonyl (C=O) groups is 1. The summed E-state index contributed by atoms with van der Waals surface area (Å²) in [7, 11) is 1.84. The van der Waals surface area contributed by atoms with Crippen LogP contribution in [0.3, 0.4) is 0 Å². The van der Waals surface area contributed by atoms with Crippen LogP contribution in [0.25, 0.3) is 0 Å². The number of nitrogens with zero attached hydrogens (tertiary/aromatic N) is 3. The van der Waals surface area contributed by atoms with Crippen molar-refractivity contribution in [2.45, 2.75) is 65.5 Å². The molecule has 2 aliphatic rings. The highest BCUT2D eigenvalue weighted by atomic mass is 127. The maximum absolute atomic E-state index is 12.0. The zero-order valence-corrected chi connectivity index (χ0v) is 21.5. The molecule has 2 atom stereocenters. The van der Waals surface area contributed by atoms with Crippen LogP contribution in [0, 0.1) is 11.8 Å². The number of ether oxygens (including phenoxy) is 1. The third-order valence-electron chi connectivity index (χ3n) is 5.20. The predicted octanol–water partition coefficient (Wildman–Crippen LogP) is 3.15. The second kappa shape index (κ2) is 12.2. The highest BCUT2D eigenvalue weighted by Crippen LogP contribution is 2.17. The van der Waals surface area contributed by atoms with Gasteiger partial charge in [-0.1, -0.05) is 13.8 Å². The highest BCUT2D eigenvalue weighted by Gasteiger charge is 2.28. The summed E-state index contributed by atoms with van der Waals surface area (Å²) in [6.45, 7) is 16.4. The molecule has 0 aromatic carbocycles. The summed E-state index contributed by atoms with van der Waals surface area (Å²) in [5.41, 5.74) is -0.469. The predicted molar refractivity (Wildman–Crippen MR) is 130 cm³/mol. The van der Waals surface area contributed by atoms with Crippen LogP contribution in [0.4, 0.5) is 4.79 Å². The summed E-state index contributed by atoms with van der Waals surface area (Å²) in [4.78, 5) is 21.3. The molecular formula is C21H42IN5O2. The average Bonchev–Trinajstić information content (AvgIpc) is 3.01. The number of likely N-dealkylation sites (tertiary alicyclic amines) is 2. The molecule has 0 aromatic heterocycles. The Balaban J connectivity index is 0.00000420. The zero-order chi connectivity index (χ0) is 20.7. The van der Waals surface area contributed by atoms with Gasteiger partial charge in [-0.3, -0.25) is 4.99 Å². The van der Waals surface area contributed by atoms with E-state index in [4.69, 9.17) is 4.74 Å². The van der Waals surface area contributed by atoms with E-state index >= 15 is 0 Å². The number of amides is 1. The van der Waals surface area contributed by atoms with Gasteiger partial charge in [0.15, 0.2) is 5.96 Å². The minimum atomic E-state index is -0.469. The second-order valence-corrected chi connectivity index (χ2v) is 9.67. The number of halogens is 1. The summed E-state index contributed by atoms with van der Waals surface area (Å²) < 4.78 is 5.37. The van der Waals surface area contributed by atoms with Crippen LogP contribution in [-0.2, 0) is 4.74 Å². The van der Waals surface area contributed by atoms with Gasteiger partial charge in [-0.2, -0.15) is 0 Å². The molecular weight excluding hydrogens is 481 g/mol. The molecule has 0 aromatic rings. The summed E-state index contributed by atoms with van der Waals surface area (Å²) in [6.07, 6.45) is 3.13. The number of nitrogens with one attached hydrogen (secondary N) is 2. The fourth-order valence-corrected chi connectivity index (χ4v) is 4.11. The van der Waals surface area contributed by atoms with E-state index in [1.165, 1.54) is 32.5 Å². The third kappa shape index (κ3) is 9.72. The molecule has 2 rings (SSSR count). The number of piperidine rings is 1. The topological polar surface area (TPSA) is 69.2 Å². The molecule has 0 spiro atoms. The van der Waals surface area contributed by atoms with Crippen molar-refractivity contribution in [1.82, 2.24) is 20.4 Å². The number of guanidine groups is 1. The Labute approximate surface area is 194 Å². The van der Waals surface area contributed by atoms with Gasteiger partial charge in [-0.15, -0.1) is 24.0 Å². The highest BCUT2D eigenvalue weighted by molar-refractivity contribution is 14.0. The molecule has 29 heavy (non-hydrogen) atoms. The average molecular weight is 524 g/mol. The Bertz CT molecular complexity index is 536. The lowest BCUT2D eigenvalue weighted by Gasteiger charge is -2.34. The normalized spacial score (nSPS) is 23.7. The van der Waals surface area contributed by atoms with Gasteiger partial charge in [0, 0.05) is 39.8 Å². The first-order valence-corrected chi connectivity index (χ1v) is 10.8. The first kappa shape index (κ1) is 26.3. The Kier molecular flexibility index (Phi) is 11.0. The molecule has 0 aliphatic carbocycles. The molecule has 8 heteroatoms. The Morgan fingerprint density at radius 2 is 1.93 bits per heavy atom. The Hall–Kier alpha value is -0.770. The number of carbonyl (C=O) groups excluding carboxylic acids is 1. The monoisotopic (exact) mass is 523 g/mol. The van der Waals surface area contributed by atoms with Gasteiger partial charge >= 0.3 is 6.09 Å². The van der Waals surface area contributed by atoms with Crippen molar-refractivity contribution in [3.63, 3.8) is 0 Å². The van der Waals surface area contributed by atoms with Gasteiger partial charge in [0.2, 0.25) is 0 Å². The van der Waals surface area contributed by atoms with E-state index in [0.29, 0.717) is 5.92 Å². The third-order valence-corrected chi connectivity index (χ3v) is 5.20. The van der Waals surface area contributed by atoms with Crippen LogP contribution in [0.5, 0.6) is 0 Å². The van der Waals surface area contributed by atoms with E-state index in [2.05, 4.69) is 39.3 Å². The number of alkyl carbamates (subject to hydrolysis) is 1. The van der Waals surface area contributed by atoms with Crippen LogP contribution in [0.2, 0.25) is 0 Å². The van der Waals surface area contributed by atoms with Gasteiger partial charge in [0.1, 0.15) is 5.60 Å². The zero-order valence-electron chi connectivity index (χ0n) is 19.2. The summed E-state index contributed by atoms with van der Waals surface area (Å²) in [6, 6.07) is 0.101. The molecule has 2 unspecified atom stereocenters. The number of rotatable bonds is 5. The fraction of sp³-hybridized carbons (Fsp3) is 0.905. The molecule has 2 aliphatic heterocycles. The Morgan fingerprint density at radius 3 is 2.55 bits per heavy atom. The quantitative estimate of drug-likeness (QED) is 0.329. The molecule has 2 N–H and O–H groups in total. The van der Waals surface area contributed by atoms with Crippen LogP contribution in [-0.4, -0.2) is 79.8 Å². The largest absolute Gasteiger partial charge is 0.444 e. The Morgan fingerprint density at radius 1 is 1.21 bits per heavy atom. The molecule has 2 fully saturated rings. The van der Waals surface area contributed by atoms with Crippen molar-refractivity contribution in [2.24, 2.45) is 16.8 Å². The van der Waals surface area contributed by atoms with Crippen molar-refractivity contribution >= 4 is 36.0 Å². The van der Waals surface area contributed by atoms with E-state index in [-0.39, 0.29) is 36.1 Å². The summed E-state index contributed by atoms with van der Waals surface area (Å²) >= 11 is 0. The molecule has 1 amide bonds. The van der Waals surface area contributed by atoms with Crippen molar-refractivity contribution in [1.29, 1.82) is 0 Å². The number of aliphatic imine (C=N–C) groups is 1. The lowest BCUT2D eigenvalue weighted by Crippen LogP contribution is -2.47. The van der Waals surface area contributed by atoms with E-state index < -0.39 is 5.60 Å². The molecule has 0 saturated carbocycles. The summed E-state index contributed by atoms with van der Waals surface area (Å²) in [5, 5.41) is 6.55. The first-order valence-electron chi connectivity index (χ1n) is 10.8. The number of hydrogen-bond acceptors (Lipinski definition) is 4. The fourth-order valence-electron chi connectivity index (χ4n) is 4.11. The first-order chi connectivity index (χ1) is 13.2. The lowest BCUT2D eigenvalue weighted by molar-refractivity contribution is 0.0507. The molecule has 2 heterocycles. The minimum Gasteiger partial charge on any atom is -0.444 e. The molecule has 2 saturated heterocycles. The van der Waals surface area contributed by atoms with E-state index in [1.54, 1.807) is 0 Å². The van der Waals surface area contributed by atoms with Gasteiger partial charge < -0.3 is 25.2 Å². The van der Waals surface area contributed by atoms with Crippen LogP contribution >= 0.6 is 24.0 Å². The van der Waals surface area contributed by atoms with Crippen molar-refractivity contribution in [3.05, 3.63) is 0 Å². The van der Waals surface area contributed by atoms with E-state index in [1.807, 2.05) is 27.8 Å². The number of hydrogen-bond donors (Lipinski definition) is 2. The van der Waals surface area contributed by atoms with Crippen molar-refractivity contribution in [2.75, 3.05) is 46.3 Å². The van der Waals surface area contributed by atoms with Crippen LogP contribution in [0.15, 0.2) is 4.99 Å². The van der Waals surface area contributed by atoms with Gasteiger partial charge in [0.05, 0.1) is 6.04 Å². The van der Waals surface area contributed by atoms with Crippen LogP contribution < -0.4 is 10.6 Å². The van der Waals surface area contributed by atoms with E-state index in [0.717, 1.165) is 37.9 Å². The lowest BCUT2D eigenvalue weighted by atomic mass is 9.97. The van der Waals surface area contributed by atoms with Crippen LogP contribution in [0.1, 0.15) is 53.9 Å². The minimum absolute atomic E-state index is 0. The maximum atomic E-state index is 12.0. The SMILES string of the molecule is CN=C(NCC1CCCN(CC(C)C)C1)N1CCC(NC(=O)OC(C)(C)C)C1.I. The standard InChI is InChI=1S/C21H41N5O2.HI/c1-16(2)13-25-10-7-8-17(14-25)12-23-19(22-6)26-11-9-18(15-26)24-20(27)28-21(3,4)5;/h16-18H,7-15H2,1-6H3,(H,22,23)(H,24,27);1H.